The normalized spacial score (nSPS) is 12.7. The largest absolute Gasteiger partial charge is 0.494 e. The number of halogens is 2. The summed E-state index contributed by atoms with van der Waals surface area (Å²) in [5.74, 6) is 6.08. The number of aromatic nitrogens is 4. The van der Waals surface area contributed by atoms with Gasteiger partial charge in [-0.25, -0.2) is 18.7 Å². The molecule has 0 unspecified atom stereocenters. The molecule has 12 heteroatoms. The third kappa shape index (κ3) is 6.05. The number of anilines is 1. The number of rotatable bonds is 7. The molecule has 0 radical (unpaired) electrons. The van der Waals surface area contributed by atoms with Crippen LogP contribution >= 0.6 is 11.3 Å². The van der Waals surface area contributed by atoms with Crippen molar-refractivity contribution in [2.45, 2.75) is 25.7 Å². The average Bonchev–Trinajstić information content (AvgIpc) is 3.69. The van der Waals surface area contributed by atoms with Crippen molar-refractivity contribution in [3.8, 4) is 28.7 Å². The third-order valence-electron chi connectivity index (χ3n) is 6.13. The highest BCUT2D eigenvalue weighted by atomic mass is 32.1. The van der Waals surface area contributed by atoms with Crippen molar-refractivity contribution in [2.75, 3.05) is 26.5 Å². The Kier molecular flexibility index (Phi) is 7.66. The van der Waals surface area contributed by atoms with Crippen LogP contribution in [0.2, 0.25) is 0 Å². The lowest BCUT2D eigenvalue weighted by molar-refractivity contribution is -0.127. The van der Waals surface area contributed by atoms with Gasteiger partial charge in [0.1, 0.15) is 17.1 Å². The van der Waals surface area contributed by atoms with Gasteiger partial charge >= 0.3 is 0 Å². The number of nitrogens with one attached hydrogen (secondary N) is 1. The highest BCUT2D eigenvalue weighted by molar-refractivity contribution is 7.21. The van der Waals surface area contributed by atoms with Crippen LogP contribution in [0.25, 0.3) is 21.6 Å². The van der Waals surface area contributed by atoms with E-state index in [0.29, 0.717) is 33.2 Å². The Bertz CT molecular complexity index is 1670. The van der Waals surface area contributed by atoms with Gasteiger partial charge < -0.3 is 9.64 Å². The number of amides is 2. The maximum Gasteiger partial charge on any atom is 0.280 e. The number of likely N-dealkylation sites (N-methyl/N-ethyl adjacent to an activating group) is 1. The predicted octanol–water partition coefficient (Wildman–Crippen LogP) is 4.74. The number of methoxy groups -OCH3 is 1. The lowest BCUT2D eigenvalue weighted by Crippen LogP contribution is -2.23. The van der Waals surface area contributed by atoms with Gasteiger partial charge in [0.25, 0.3) is 12.3 Å². The molecule has 0 saturated heterocycles. The second kappa shape index (κ2) is 11.3. The van der Waals surface area contributed by atoms with E-state index in [1.165, 1.54) is 24.3 Å². The zero-order valence-corrected chi connectivity index (χ0v) is 22.7. The number of ether oxygens (including phenoxy) is 1. The molecular weight excluding hydrogens is 538 g/mol. The molecule has 9 nitrogen and oxygen atoms in total. The second-order valence-corrected chi connectivity index (χ2v) is 10.3. The van der Waals surface area contributed by atoms with Crippen molar-refractivity contribution in [1.29, 1.82) is 0 Å². The van der Waals surface area contributed by atoms with Crippen LogP contribution in [0.4, 0.5) is 13.9 Å². The number of benzene rings is 1. The number of carbonyl (C=O) groups is 2. The molecule has 1 N–H and O–H groups in total. The standard InChI is InChI=1S/C28H24F2N6O3S/c1-36(2)23(37)11-16-7-9-18(19(10-16)20-12-21(24(29)30)31-14-22(20)39-3)26(38)35-28-34-25-27(40-28)33-17(13-32-25)8-6-15-4-5-15/h7,9-10,12-15,24H,4-5,11H2,1-3H3,(H,32,34,35,38). The number of hydrogen-bond acceptors (Lipinski definition) is 8. The van der Waals surface area contributed by atoms with E-state index in [0.717, 1.165) is 24.2 Å². The Morgan fingerprint density at radius 2 is 1.95 bits per heavy atom. The third-order valence-corrected chi connectivity index (χ3v) is 6.98. The summed E-state index contributed by atoms with van der Waals surface area (Å²) >= 11 is 1.15. The molecule has 0 bridgehead atoms. The van der Waals surface area contributed by atoms with Gasteiger partial charge in [-0.1, -0.05) is 23.3 Å². The fourth-order valence-corrected chi connectivity index (χ4v) is 4.60. The summed E-state index contributed by atoms with van der Waals surface area (Å²) in [6, 6.07) is 5.99. The SMILES string of the molecule is COc1cnc(C(F)F)cc1-c1cc(CC(=O)N(C)C)ccc1C(=O)Nc1nc2ncc(C#CC3CC3)nc2s1. The fraction of sp³-hybridized carbons (Fsp3) is 0.286. The molecule has 0 atom stereocenters. The van der Waals surface area contributed by atoms with E-state index in [1.54, 1.807) is 38.5 Å². The van der Waals surface area contributed by atoms with Crippen molar-refractivity contribution in [3.63, 3.8) is 0 Å². The van der Waals surface area contributed by atoms with E-state index in [2.05, 4.69) is 37.1 Å². The highest BCUT2D eigenvalue weighted by Gasteiger charge is 2.22. The molecule has 0 aliphatic heterocycles. The van der Waals surface area contributed by atoms with Gasteiger partial charge in [0.2, 0.25) is 5.91 Å². The molecule has 3 heterocycles. The van der Waals surface area contributed by atoms with Crippen molar-refractivity contribution in [1.82, 2.24) is 24.8 Å². The average molecular weight is 563 g/mol. The van der Waals surface area contributed by atoms with Crippen molar-refractivity contribution in [2.24, 2.45) is 5.92 Å². The van der Waals surface area contributed by atoms with E-state index in [1.807, 2.05) is 0 Å². The molecule has 204 valence electrons. The maximum atomic E-state index is 13.5. The summed E-state index contributed by atoms with van der Waals surface area (Å²) < 4.78 is 32.5. The van der Waals surface area contributed by atoms with Crippen LogP contribution in [0.5, 0.6) is 5.75 Å². The van der Waals surface area contributed by atoms with Crippen LogP contribution in [0, 0.1) is 17.8 Å². The summed E-state index contributed by atoms with van der Waals surface area (Å²) in [6.07, 6.45) is 2.16. The number of fused-ring (bicyclic) bond motifs is 1. The maximum absolute atomic E-state index is 13.5. The van der Waals surface area contributed by atoms with Crippen molar-refractivity contribution < 1.29 is 23.1 Å². The molecule has 40 heavy (non-hydrogen) atoms. The van der Waals surface area contributed by atoms with Gasteiger partial charge in [-0.3, -0.25) is 19.9 Å². The van der Waals surface area contributed by atoms with Gasteiger partial charge in [0.15, 0.2) is 15.6 Å². The number of pyridine rings is 1. The minimum absolute atomic E-state index is 0.0538. The lowest BCUT2D eigenvalue weighted by Gasteiger charge is -2.16. The quantitative estimate of drug-likeness (QED) is 0.324. The molecule has 1 aliphatic carbocycles. The number of hydrogen-bond donors (Lipinski definition) is 1. The first-order chi connectivity index (χ1) is 19.2. The number of nitrogens with zero attached hydrogens (tertiary/aromatic N) is 5. The van der Waals surface area contributed by atoms with Crippen LogP contribution in [-0.4, -0.2) is 57.9 Å². The van der Waals surface area contributed by atoms with E-state index in [9.17, 15) is 18.4 Å². The zero-order chi connectivity index (χ0) is 28.4. The molecule has 1 saturated carbocycles. The van der Waals surface area contributed by atoms with Gasteiger partial charge in [0, 0.05) is 31.1 Å². The van der Waals surface area contributed by atoms with E-state index < -0.39 is 18.0 Å². The first-order valence-electron chi connectivity index (χ1n) is 12.3. The smallest absolute Gasteiger partial charge is 0.280 e. The Morgan fingerprint density at radius 3 is 2.65 bits per heavy atom. The number of carbonyl (C=O) groups excluding carboxylic acids is 2. The van der Waals surface area contributed by atoms with Gasteiger partial charge in [-0.05, 0) is 48.1 Å². The summed E-state index contributed by atoms with van der Waals surface area (Å²) in [5.41, 5.74) is 1.73. The molecule has 2 amide bonds. The van der Waals surface area contributed by atoms with Crippen LogP contribution in [0.15, 0.2) is 36.7 Å². The first-order valence-corrected chi connectivity index (χ1v) is 13.2. The Hall–Kier alpha value is -4.50. The van der Waals surface area contributed by atoms with Gasteiger partial charge in [-0.15, -0.1) is 0 Å². The monoisotopic (exact) mass is 562 g/mol. The van der Waals surface area contributed by atoms with Crippen LogP contribution in [-0.2, 0) is 11.2 Å². The molecule has 5 rings (SSSR count). The molecule has 3 aromatic heterocycles. The molecule has 0 spiro atoms. The van der Waals surface area contributed by atoms with Crippen LogP contribution in [0.3, 0.4) is 0 Å². The summed E-state index contributed by atoms with van der Waals surface area (Å²) in [5, 5.41) is 3.03. The zero-order valence-electron chi connectivity index (χ0n) is 21.9. The Labute approximate surface area is 232 Å². The lowest BCUT2D eigenvalue weighted by atomic mass is 9.95. The highest BCUT2D eigenvalue weighted by Crippen LogP contribution is 2.36. The summed E-state index contributed by atoms with van der Waals surface area (Å²) in [7, 11) is 4.65. The Morgan fingerprint density at radius 1 is 1.15 bits per heavy atom. The molecule has 4 aromatic rings. The Balaban J connectivity index is 1.51. The van der Waals surface area contributed by atoms with Gasteiger partial charge in [-0.2, -0.15) is 4.98 Å². The summed E-state index contributed by atoms with van der Waals surface area (Å²) in [4.78, 5) is 44.7. The molecular formula is C28H24F2N6O3S. The summed E-state index contributed by atoms with van der Waals surface area (Å²) in [6.45, 7) is 0. The minimum Gasteiger partial charge on any atom is -0.494 e. The predicted molar refractivity (Wildman–Crippen MR) is 146 cm³/mol. The number of thiazole rings is 1. The van der Waals surface area contributed by atoms with Crippen molar-refractivity contribution in [3.05, 3.63) is 59.2 Å². The molecule has 1 aromatic carbocycles. The van der Waals surface area contributed by atoms with Crippen molar-refractivity contribution >= 4 is 38.8 Å². The van der Waals surface area contributed by atoms with Crippen LogP contribution < -0.4 is 10.1 Å². The molecule has 1 aliphatic rings. The molecule has 1 fully saturated rings. The fourth-order valence-electron chi connectivity index (χ4n) is 3.81. The van der Waals surface area contributed by atoms with E-state index in [4.69, 9.17) is 4.74 Å². The minimum atomic E-state index is -2.83. The second-order valence-electron chi connectivity index (χ2n) is 9.36. The van der Waals surface area contributed by atoms with E-state index in [-0.39, 0.29) is 34.3 Å². The van der Waals surface area contributed by atoms with Crippen LogP contribution in [0.1, 0.15) is 46.6 Å². The van der Waals surface area contributed by atoms with E-state index >= 15 is 0 Å². The topological polar surface area (TPSA) is 110 Å². The van der Waals surface area contributed by atoms with Gasteiger partial charge in [0.05, 0.1) is 25.9 Å². The number of alkyl halides is 2. The first kappa shape index (κ1) is 27.1.